The molecule has 2 N–H and O–H groups in total. The highest BCUT2D eigenvalue weighted by atomic mass is 32.2. The van der Waals surface area contributed by atoms with Gasteiger partial charge >= 0.3 is 0 Å². The van der Waals surface area contributed by atoms with E-state index in [2.05, 4.69) is 152 Å². The van der Waals surface area contributed by atoms with E-state index in [9.17, 15) is 0 Å². The Morgan fingerprint density at radius 2 is 1.37 bits per heavy atom. The first-order chi connectivity index (χ1) is 25.5. The molecular formula is C49H50N2S. The third-order valence-electron chi connectivity index (χ3n) is 14.8. The molecule has 3 heteroatoms. The summed E-state index contributed by atoms with van der Waals surface area (Å²) in [7, 11) is 0. The molecule has 0 bridgehead atoms. The van der Waals surface area contributed by atoms with Crippen LogP contribution in [0.3, 0.4) is 0 Å². The lowest BCUT2D eigenvalue weighted by atomic mass is 9.61. The van der Waals surface area contributed by atoms with E-state index in [1.165, 1.54) is 59.3 Å². The predicted molar refractivity (Wildman–Crippen MR) is 214 cm³/mol. The molecule has 1 saturated heterocycles. The minimum absolute atomic E-state index is 0.101. The quantitative estimate of drug-likeness (QED) is 0.208. The first-order valence-corrected chi connectivity index (χ1v) is 21.0. The van der Waals surface area contributed by atoms with Gasteiger partial charge in [-0.05, 0) is 98.9 Å². The van der Waals surface area contributed by atoms with Crippen molar-refractivity contribution in [1.29, 1.82) is 0 Å². The van der Waals surface area contributed by atoms with Crippen molar-refractivity contribution in [3.05, 3.63) is 172 Å². The van der Waals surface area contributed by atoms with Gasteiger partial charge in [0.1, 0.15) is 0 Å². The van der Waals surface area contributed by atoms with Gasteiger partial charge in [0.25, 0.3) is 0 Å². The van der Waals surface area contributed by atoms with Crippen molar-refractivity contribution < 1.29 is 0 Å². The Bertz CT molecular complexity index is 2120. The lowest BCUT2D eigenvalue weighted by Gasteiger charge is -2.42. The minimum Gasteiger partial charge on any atom is -0.290 e. The Hall–Kier alpha value is -3.63. The second kappa shape index (κ2) is 11.9. The zero-order valence-electron chi connectivity index (χ0n) is 30.5. The Labute approximate surface area is 314 Å². The number of benzene rings is 4. The van der Waals surface area contributed by atoms with E-state index in [1.807, 2.05) is 11.8 Å². The number of hydrogen-bond donors (Lipinski definition) is 2. The van der Waals surface area contributed by atoms with E-state index in [0.29, 0.717) is 46.3 Å². The van der Waals surface area contributed by atoms with Gasteiger partial charge in [0.15, 0.2) is 0 Å². The summed E-state index contributed by atoms with van der Waals surface area (Å²) in [5.41, 5.74) is 12.7. The molecule has 2 heterocycles. The molecular weight excluding hydrogens is 649 g/mol. The second-order valence-electron chi connectivity index (χ2n) is 17.5. The van der Waals surface area contributed by atoms with Gasteiger partial charge in [-0.3, -0.25) is 10.6 Å². The summed E-state index contributed by atoms with van der Waals surface area (Å²) < 4.78 is 0. The summed E-state index contributed by atoms with van der Waals surface area (Å²) in [6.07, 6.45) is 18.9. The number of rotatable bonds is 3. The average Bonchev–Trinajstić information content (AvgIpc) is 3.78. The van der Waals surface area contributed by atoms with E-state index < -0.39 is 0 Å². The van der Waals surface area contributed by atoms with Crippen molar-refractivity contribution in [1.82, 2.24) is 10.6 Å². The number of hydrogen-bond acceptors (Lipinski definition) is 3. The largest absolute Gasteiger partial charge is 0.290 e. The molecule has 9 unspecified atom stereocenters. The highest BCUT2D eigenvalue weighted by Crippen LogP contribution is 2.67. The van der Waals surface area contributed by atoms with Crippen molar-refractivity contribution in [2.75, 3.05) is 0 Å². The molecule has 9 atom stereocenters. The second-order valence-corrected chi connectivity index (χ2v) is 18.7. The van der Waals surface area contributed by atoms with Crippen molar-refractivity contribution in [2.45, 2.75) is 98.0 Å². The monoisotopic (exact) mass is 698 g/mol. The molecule has 0 aromatic heterocycles. The predicted octanol–water partition coefficient (Wildman–Crippen LogP) is 11.6. The molecule has 4 aromatic carbocycles. The molecule has 2 nitrogen and oxygen atoms in total. The lowest BCUT2D eigenvalue weighted by molar-refractivity contribution is 0.230. The van der Waals surface area contributed by atoms with Crippen molar-refractivity contribution in [2.24, 2.45) is 23.2 Å². The van der Waals surface area contributed by atoms with Crippen LogP contribution >= 0.6 is 11.8 Å². The molecule has 7 aliphatic rings. The van der Waals surface area contributed by atoms with Crippen LogP contribution in [0.15, 0.2) is 143 Å². The van der Waals surface area contributed by atoms with Crippen LogP contribution in [-0.4, -0.2) is 5.25 Å². The van der Waals surface area contributed by atoms with Gasteiger partial charge in [-0.1, -0.05) is 154 Å². The summed E-state index contributed by atoms with van der Waals surface area (Å²) in [5, 5.41) is 8.47. The van der Waals surface area contributed by atoms with E-state index in [0.717, 1.165) is 6.42 Å². The first kappa shape index (κ1) is 31.9. The number of fused-ring (bicyclic) bond motifs is 11. The van der Waals surface area contributed by atoms with E-state index in [-0.39, 0.29) is 17.6 Å². The van der Waals surface area contributed by atoms with Crippen molar-refractivity contribution in [3.8, 4) is 0 Å². The number of nitrogens with one attached hydrogen (secondary N) is 2. The summed E-state index contributed by atoms with van der Waals surface area (Å²) in [6.45, 7) is 5.12. The van der Waals surface area contributed by atoms with Crippen LogP contribution in [0, 0.1) is 23.2 Å². The van der Waals surface area contributed by atoms with Gasteiger partial charge in [-0.25, -0.2) is 0 Å². The molecule has 0 radical (unpaired) electrons. The molecule has 2 saturated carbocycles. The summed E-state index contributed by atoms with van der Waals surface area (Å²) >= 11 is 2.04. The average molecular weight is 699 g/mol. The molecule has 5 aliphatic carbocycles. The van der Waals surface area contributed by atoms with Crippen LogP contribution in [0.4, 0.5) is 0 Å². The lowest BCUT2D eigenvalue weighted by Crippen LogP contribution is -2.50. The van der Waals surface area contributed by atoms with Gasteiger partial charge < -0.3 is 0 Å². The van der Waals surface area contributed by atoms with Crippen LogP contribution in [0.5, 0.6) is 0 Å². The maximum Gasteiger partial charge on any atom is 0.0845 e. The molecule has 4 aromatic rings. The highest BCUT2D eigenvalue weighted by molar-refractivity contribution is 8.00. The van der Waals surface area contributed by atoms with Crippen LogP contribution in [-0.2, 0) is 5.41 Å². The van der Waals surface area contributed by atoms with Gasteiger partial charge in [0.2, 0.25) is 0 Å². The zero-order valence-corrected chi connectivity index (χ0v) is 31.3. The summed E-state index contributed by atoms with van der Waals surface area (Å²) in [5.74, 6) is 2.67. The maximum atomic E-state index is 4.07. The molecule has 3 fully saturated rings. The fourth-order valence-electron chi connectivity index (χ4n) is 12.4. The normalized spacial score (nSPS) is 34.3. The van der Waals surface area contributed by atoms with Gasteiger partial charge in [0, 0.05) is 33.6 Å². The zero-order chi connectivity index (χ0) is 34.6. The topological polar surface area (TPSA) is 24.1 Å². The number of thioether (sulfide) groups is 1. The van der Waals surface area contributed by atoms with Gasteiger partial charge in [-0.15, -0.1) is 11.8 Å². The molecule has 1 spiro atoms. The SMILES string of the molecule is CC1(C)C2=CC3C(C=C2C2C(c4ccc(C5NC(c6ccccc6)NC6c7ccccc7SC56)cc4)CC=CC21)c1ccccc1C31CCCCC1. The molecule has 11 rings (SSSR count). The van der Waals surface area contributed by atoms with Crippen molar-refractivity contribution in [3.63, 3.8) is 0 Å². The molecule has 262 valence electrons. The Balaban J connectivity index is 0.942. The van der Waals surface area contributed by atoms with Crippen LogP contribution in [0.2, 0.25) is 0 Å². The fourth-order valence-corrected chi connectivity index (χ4v) is 13.9. The first-order valence-electron chi connectivity index (χ1n) is 20.1. The molecule has 52 heavy (non-hydrogen) atoms. The van der Waals surface area contributed by atoms with E-state index in [1.54, 1.807) is 22.3 Å². The number of allylic oxidation sites excluding steroid dienone is 6. The van der Waals surface area contributed by atoms with Crippen LogP contribution < -0.4 is 10.6 Å². The Morgan fingerprint density at radius 3 is 2.19 bits per heavy atom. The maximum absolute atomic E-state index is 4.07. The van der Waals surface area contributed by atoms with Gasteiger partial charge in [-0.2, -0.15) is 0 Å². The summed E-state index contributed by atoms with van der Waals surface area (Å²) in [6, 6.07) is 40.0. The van der Waals surface area contributed by atoms with E-state index >= 15 is 0 Å². The third-order valence-corrected chi connectivity index (χ3v) is 16.2. The molecule has 2 aliphatic heterocycles. The standard InChI is InChI=1S/C49H50N2S/c1-48(2)39-20-13-18-33(43(39)37-28-36-34-16-7-9-19-38(34)49(26-11-4-12-27-49)41(36)29-40(37)48)30-22-24-31(25-23-30)44-46-45(35-17-8-10-21-42(35)52-46)51-47(50-44)32-14-5-3-6-15-32/h3,5-10,13-17,19-25,28-29,33,36,39,41,43-47,50-51H,4,11-12,18,26-27H2,1-2H3. The minimum atomic E-state index is 0.101. The van der Waals surface area contributed by atoms with Gasteiger partial charge in [0.05, 0.1) is 6.17 Å². The smallest absolute Gasteiger partial charge is 0.0845 e. The third kappa shape index (κ3) is 4.58. The summed E-state index contributed by atoms with van der Waals surface area (Å²) in [4.78, 5) is 1.41. The van der Waals surface area contributed by atoms with Crippen LogP contribution in [0.25, 0.3) is 0 Å². The highest BCUT2D eigenvalue weighted by Gasteiger charge is 2.57. The Kier molecular flexibility index (Phi) is 7.31. The molecule has 0 amide bonds. The van der Waals surface area contributed by atoms with E-state index in [4.69, 9.17) is 0 Å². The van der Waals surface area contributed by atoms with Crippen LogP contribution in [0.1, 0.15) is 116 Å². The fraction of sp³-hybridized carbons (Fsp3) is 0.388. The Morgan fingerprint density at radius 1 is 0.654 bits per heavy atom. The van der Waals surface area contributed by atoms with Crippen molar-refractivity contribution >= 4 is 11.8 Å².